The van der Waals surface area contributed by atoms with Gasteiger partial charge in [-0.2, -0.15) is 0 Å². The zero-order valence-electron chi connectivity index (χ0n) is 17.8. The number of carbonyl (C=O) groups excluding carboxylic acids is 1. The number of hydrogen-bond acceptors (Lipinski definition) is 8. The minimum Gasteiger partial charge on any atom is -0.493 e. The van der Waals surface area contributed by atoms with Crippen molar-refractivity contribution in [3.8, 4) is 5.75 Å². The van der Waals surface area contributed by atoms with E-state index >= 15 is 0 Å². The quantitative estimate of drug-likeness (QED) is 0.358. The Morgan fingerprint density at radius 1 is 1.09 bits per heavy atom. The van der Waals surface area contributed by atoms with Gasteiger partial charge in [-0.3, -0.25) is 10.1 Å². The fourth-order valence-corrected chi connectivity index (χ4v) is 4.35. The van der Waals surface area contributed by atoms with Gasteiger partial charge >= 0.3 is 0 Å². The Labute approximate surface area is 194 Å². The van der Waals surface area contributed by atoms with Crippen molar-refractivity contribution in [2.24, 2.45) is 0 Å². The van der Waals surface area contributed by atoms with Crippen LogP contribution in [-0.2, 0) is 13.0 Å². The van der Waals surface area contributed by atoms with Crippen molar-refractivity contribution in [2.75, 3.05) is 17.2 Å². The molecule has 0 radical (unpaired) electrons. The second-order valence-electron chi connectivity index (χ2n) is 7.18. The number of hydrogen-bond donors (Lipinski definition) is 2. The molecule has 1 amide bonds. The minimum absolute atomic E-state index is 0.260. The van der Waals surface area contributed by atoms with Gasteiger partial charge in [-0.05, 0) is 37.1 Å². The number of ether oxygens (including phenoxy) is 1. The molecule has 4 rings (SSSR count). The fourth-order valence-electron chi connectivity index (χ4n) is 3.15. The van der Waals surface area contributed by atoms with Gasteiger partial charge in [-0.25, -0.2) is 4.98 Å². The molecule has 2 heterocycles. The first-order valence-corrected chi connectivity index (χ1v) is 11.9. The monoisotopic (exact) mass is 465 g/mol. The second-order valence-corrected chi connectivity index (χ2v) is 8.96. The third-order valence-corrected chi connectivity index (χ3v) is 6.54. The number of carbonyl (C=O) groups is 1. The van der Waals surface area contributed by atoms with Crippen LogP contribution >= 0.6 is 22.7 Å². The molecule has 7 nitrogen and oxygen atoms in total. The van der Waals surface area contributed by atoms with Crippen LogP contribution in [0.15, 0.2) is 53.5 Å². The molecule has 0 fully saturated rings. The lowest BCUT2D eigenvalue weighted by molar-refractivity contribution is 0.102. The minimum atomic E-state index is -0.260. The summed E-state index contributed by atoms with van der Waals surface area (Å²) in [5.74, 6) is 0.369. The molecule has 9 heteroatoms. The van der Waals surface area contributed by atoms with Gasteiger partial charge < -0.3 is 10.1 Å². The van der Waals surface area contributed by atoms with E-state index in [1.165, 1.54) is 27.3 Å². The Bertz CT molecular complexity index is 1190. The first kappa shape index (κ1) is 21.9. The van der Waals surface area contributed by atoms with Gasteiger partial charge in [-0.15, -0.1) is 21.5 Å². The van der Waals surface area contributed by atoms with Crippen LogP contribution in [0.2, 0.25) is 0 Å². The van der Waals surface area contributed by atoms with Crippen LogP contribution in [-0.4, -0.2) is 27.7 Å². The van der Waals surface area contributed by atoms with E-state index in [-0.39, 0.29) is 5.91 Å². The van der Waals surface area contributed by atoms with Gasteiger partial charge in [0.05, 0.1) is 17.8 Å². The van der Waals surface area contributed by atoms with E-state index in [0.29, 0.717) is 29.6 Å². The molecule has 2 aromatic carbocycles. The van der Waals surface area contributed by atoms with Crippen LogP contribution < -0.4 is 15.4 Å². The molecular formula is C23H23N5O2S2. The molecule has 0 bridgehead atoms. The largest absolute Gasteiger partial charge is 0.493 e. The molecule has 0 spiro atoms. The summed E-state index contributed by atoms with van der Waals surface area (Å²) in [7, 11) is 0. The molecule has 0 aliphatic rings. The fraction of sp³-hybridized carbons (Fsp3) is 0.217. The smallest absolute Gasteiger partial charge is 0.257 e. The average Bonchev–Trinajstić information content (AvgIpc) is 3.45. The number of thiazole rings is 1. The van der Waals surface area contributed by atoms with E-state index in [1.807, 2.05) is 36.7 Å². The van der Waals surface area contributed by atoms with Crippen LogP contribution in [0, 0.1) is 13.8 Å². The lowest BCUT2D eigenvalue weighted by Gasteiger charge is -2.13. The first-order valence-electron chi connectivity index (χ1n) is 10.1. The molecule has 0 aliphatic heterocycles. The molecule has 0 saturated heterocycles. The zero-order chi connectivity index (χ0) is 22.3. The van der Waals surface area contributed by atoms with Gasteiger partial charge in [0.25, 0.3) is 5.91 Å². The number of aryl methyl sites for hydroxylation is 2. The summed E-state index contributed by atoms with van der Waals surface area (Å²) in [6.07, 6.45) is 0.768. The van der Waals surface area contributed by atoms with Crippen molar-refractivity contribution in [3.05, 3.63) is 80.7 Å². The Kier molecular flexibility index (Phi) is 7.08. The molecule has 0 saturated carbocycles. The number of nitrogens with zero attached hydrogens (tertiary/aromatic N) is 3. The summed E-state index contributed by atoms with van der Waals surface area (Å²) < 4.78 is 6.01. The maximum atomic E-state index is 12.8. The first-order chi connectivity index (χ1) is 15.6. The summed E-state index contributed by atoms with van der Waals surface area (Å²) in [6.45, 7) is 5.23. The molecule has 2 aromatic heterocycles. The average molecular weight is 466 g/mol. The summed E-state index contributed by atoms with van der Waals surface area (Å²) in [4.78, 5) is 18.3. The highest BCUT2D eigenvalue weighted by Gasteiger charge is 2.12. The van der Waals surface area contributed by atoms with Crippen LogP contribution in [0.25, 0.3) is 0 Å². The maximum Gasteiger partial charge on any atom is 0.257 e. The van der Waals surface area contributed by atoms with Gasteiger partial charge in [0.2, 0.25) is 5.13 Å². The van der Waals surface area contributed by atoms with E-state index in [0.717, 1.165) is 17.8 Å². The van der Waals surface area contributed by atoms with Crippen molar-refractivity contribution in [1.29, 1.82) is 0 Å². The Balaban J connectivity index is 1.50. The van der Waals surface area contributed by atoms with Crippen LogP contribution in [0.1, 0.15) is 32.1 Å². The number of nitrogens with one attached hydrogen (secondary N) is 2. The third-order valence-electron chi connectivity index (χ3n) is 4.94. The summed E-state index contributed by atoms with van der Waals surface area (Å²) in [5.41, 5.74) is 8.15. The lowest BCUT2D eigenvalue weighted by Crippen LogP contribution is -2.13. The van der Waals surface area contributed by atoms with E-state index in [9.17, 15) is 4.79 Å². The summed E-state index contributed by atoms with van der Waals surface area (Å²) in [6, 6.07) is 13.7. The molecule has 0 aliphatic carbocycles. The zero-order valence-corrected chi connectivity index (χ0v) is 19.4. The predicted molar refractivity (Wildman–Crippen MR) is 129 cm³/mol. The SMILES string of the molecule is Cc1ccccc1CNc1cc(OCCc2scnc2C)cc(C(=O)Nc2nncs2)c1. The molecule has 164 valence electrons. The molecule has 4 aromatic rings. The second kappa shape index (κ2) is 10.3. The Hall–Kier alpha value is -3.30. The predicted octanol–water partition coefficient (Wildman–Crippen LogP) is 5.10. The summed E-state index contributed by atoms with van der Waals surface area (Å²) in [5, 5.41) is 14.3. The standard InChI is InChI=1S/C23H23N5O2S2/c1-15-5-3-4-6-17(15)12-24-19-9-18(22(29)27-23-28-26-14-32-23)10-20(11-19)30-8-7-21-16(2)25-13-31-21/h3-6,9-11,13-14,24H,7-8,12H2,1-2H3,(H,27,28,29). The van der Waals surface area contributed by atoms with Crippen molar-refractivity contribution in [1.82, 2.24) is 15.2 Å². The van der Waals surface area contributed by atoms with Crippen molar-refractivity contribution in [2.45, 2.75) is 26.8 Å². The Morgan fingerprint density at radius 2 is 1.97 bits per heavy atom. The van der Waals surface area contributed by atoms with E-state index in [1.54, 1.807) is 22.9 Å². The van der Waals surface area contributed by atoms with Crippen LogP contribution in [0.4, 0.5) is 10.8 Å². The van der Waals surface area contributed by atoms with Gasteiger partial charge in [0.1, 0.15) is 11.3 Å². The van der Waals surface area contributed by atoms with Crippen molar-refractivity contribution in [3.63, 3.8) is 0 Å². The van der Waals surface area contributed by atoms with Crippen molar-refractivity contribution >= 4 is 39.4 Å². The number of benzene rings is 2. The van der Waals surface area contributed by atoms with E-state index < -0.39 is 0 Å². The molecular weight excluding hydrogens is 442 g/mol. The van der Waals surface area contributed by atoms with Gasteiger partial charge in [0, 0.05) is 35.2 Å². The number of rotatable bonds is 9. The van der Waals surface area contributed by atoms with E-state index in [2.05, 4.69) is 44.9 Å². The molecule has 0 unspecified atom stereocenters. The highest BCUT2D eigenvalue weighted by molar-refractivity contribution is 7.13. The number of aromatic nitrogens is 3. The van der Waals surface area contributed by atoms with Crippen LogP contribution in [0.5, 0.6) is 5.75 Å². The van der Waals surface area contributed by atoms with Gasteiger partial charge in [-0.1, -0.05) is 35.6 Å². The lowest BCUT2D eigenvalue weighted by atomic mass is 10.1. The van der Waals surface area contributed by atoms with Crippen LogP contribution in [0.3, 0.4) is 0 Å². The highest BCUT2D eigenvalue weighted by atomic mass is 32.1. The molecule has 2 N–H and O–H groups in total. The topological polar surface area (TPSA) is 89.0 Å². The normalized spacial score (nSPS) is 10.7. The molecule has 32 heavy (non-hydrogen) atoms. The molecule has 0 atom stereocenters. The van der Waals surface area contributed by atoms with E-state index in [4.69, 9.17) is 4.74 Å². The van der Waals surface area contributed by atoms with Gasteiger partial charge in [0.15, 0.2) is 0 Å². The van der Waals surface area contributed by atoms with Crippen molar-refractivity contribution < 1.29 is 9.53 Å². The highest BCUT2D eigenvalue weighted by Crippen LogP contribution is 2.24. The third kappa shape index (κ3) is 5.68. The number of amides is 1. The Morgan fingerprint density at radius 3 is 2.72 bits per heavy atom. The summed E-state index contributed by atoms with van der Waals surface area (Å²) >= 11 is 2.90. The maximum absolute atomic E-state index is 12.8. The number of anilines is 2.